The lowest BCUT2D eigenvalue weighted by atomic mass is 9.46. The Morgan fingerprint density at radius 2 is 1.67 bits per heavy atom. The maximum atomic E-state index is 12.8. The zero-order chi connectivity index (χ0) is 31.8. The molecule has 0 radical (unpaired) electrons. The van der Waals surface area contributed by atoms with E-state index in [0.29, 0.717) is 66.5 Å². The zero-order valence-corrected chi connectivity index (χ0v) is 28.3. The van der Waals surface area contributed by atoms with Crippen molar-refractivity contribution in [2.24, 2.45) is 51.2 Å². The molecular weight excluding hydrogens is 570 g/mol. The molecule has 8 heteroatoms. The van der Waals surface area contributed by atoms with Crippen LogP contribution in [0.15, 0.2) is 0 Å². The van der Waals surface area contributed by atoms with Gasteiger partial charge in [0.15, 0.2) is 12.1 Å². The molecule has 45 heavy (non-hydrogen) atoms. The van der Waals surface area contributed by atoms with Crippen LogP contribution in [0.1, 0.15) is 111 Å². The number of carbonyl (C=O) groups is 2. The number of fused-ring (bicyclic) bond motifs is 4. The highest BCUT2D eigenvalue weighted by atomic mass is 16.7. The first kappa shape index (κ1) is 32.5. The number of Topliss-reactive ketones (excluding diaryl/α,β-unsaturated/α-hetero) is 1. The van der Waals surface area contributed by atoms with E-state index in [9.17, 15) is 14.7 Å². The third kappa shape index (κ3) is 5.17. The van der Waals surface area contributed by atoms with Crippen molar-refractivity contribution in [2.45, 2.75) is 135 Å². The summed E-state index contributed by atoms with van der Waals surface area (Å²) in [6.45, 7) is 9.05. The van der Waals surface area contributed by atoms with Gasteiger partial charge in [-0.25, -0.2) is 0 Å². The van der Waals surface area contributed by atoms with Crippen molar-refractivity contribution in [3.05, 3.63) is 0 Å². The summed E-state index contributed by atoms with van der Waals surface area (Å²) in [5.74, 6) is 3.65. The van der Waals surface area contributed by atoms with Gasteiger partial charge in [0.05, 0.1) is 31.5 Å². The predicted molar refractivity (Wildman–Crippen MR) is 169 cm³/mol. The topological polar surface area (TPSA) is 106 Å². The summed E-state index contributed by atoms with van der Waals surface area (Å²) in [5, 5.41) is 16.3. The van der Waals surface area contributed by atoms with Crippen molar-refractivity contribution in [1.29, 1.82) is 0 Å². The molecule has 6 saturated carbocycles. The van der Waals surface area contributed by atoms with Gasteiger partial charge in [-0.2, -0.15) is 0 Å². The first-order valence-electron chi connectivity index (χ1n) is 18.4. The van der Waals surface area contributed by atoms with Crippen LogP contribution in [0.5, 0.6) is 0 Å². The molecule has 0 aromatic carbocycles. The number of morpholine rings is 1. The Bertz CT molecular complexity index is 1140. The van der Waals surface area contributed by atoms with Crippen LogP contribution < -0.4 is 0 Å². The van der Waals surface area contributed by atoms with E-state index < -0.39 is 0 Å². The number of nitrogens with zero attached hydrogens (tertiary/aromatic N) is 1. The van der Waals surface area contributed by atoms with Gasteiger partial charge < -0.3 is 29.3 Å². The van der Waals surface area contributed by atoms with Crippen LogP contribution in [-0.2, 0) is 23.8 Å². The van der Waals surface area contributed by atoms with Gasteiger partial charge in [0, 0.05) is 26.5 Å². The normalized spacial score (nSPS) is 47.6. The average molecular weight is 630 g/mol. The second-order valence-corrected chi connectivity index (χ2v) is 17.2. The molecule has 8 nitrogen and oxygen atoms in total. The molecule has 8 rings (SSSR count). The summed E-state index contributed by atoms with van der Waals surface area (Å²) in [4.78, 5) is 26.8. The Morgan fingerprint density at radius 3 is 2.42 bits per heavy atom. The Balaban J connectivity index is 0.00000160. The van der Waals surface area contributed by atoms with E-state index >= 15 is 0 Å². The molecule has 2 aliphatic heterocycles. The number of rotatable bonds is 7. The molecule has 2 N–H and O–H groups in total. The van der Waals surface area contributed by atoms with E-state index in [1.54, 1.807) is 0 Å². The van der Waals surface area contributed by atoms with Crippen molar-refractivity contribution in [3.8, 4) is 0 Å². The third-order valence-electron chi connectivity index (χ3n) is 15.1. The van der Waals surface area contributed by atoms with Crippen molar-refractivity contribution >= 4 is 11.7 Å². The Labute approximate surface area is 270 Å². The highest BCUT2D eigenvalue weighted by Crippen LogP contribution is 2.87. The maximum Gasteiger partial charge on any atom is 0.223 e. The molecule has 0 bridgehead atoms. The summed E-state index contributed by atoms with van der Waals surface area (Å²) in [5.41, 5.74) is 1.41. The molecule has 11 atom stereocenters. The molecular formula is C37H59NO7. The average Bonchev–Trinajstić information content (AvgIpc) is 3.95. The highest BCUT2D eigenvalue weighted by molar-refractivity contribution is 5.79. The molecule has 0 aromatic heterocycles. The number of amides is 1. The Kier molecular flexibility index (Phi) is 8.53. The molecule has 254 valence electrons. The lowest BCUT2D eigenvalue weighted by Gasteiger charge is -2.60. The minimum absolute atomic E-state index is 0.00534. The van der Waals surface area contributed by atoms with E-state index in [4.69, 9.17) is 19.3 Å². The standard InChI is InChI=1S/C36H55NO6.CH4O/c1-33(2)29-9-8-25-27-18-28-26(7-6-24(42-28)17-23(39)20-38)34(27,3)12-13-35(25)21-36(29,35)11-10-30(33)43-32-19-37(14-15-41-32)31(40)16-22-4-5-22;1-2/h22,24-30,32,38H,4-21H2,1-3H3;2H,1H3/t24?,25?,26-,27?,28?,29?,30-,32?,34?,35-,36?;/m0./s1. The number of aliphatic hydroxyl groups is 2. The fourth-order valence-corrected chi connectivity index (χ4v) is 12.8. The Hall–Kier alpha value is -1.06. The second kappa shape index (κ2) is 11.8. The molecule has 1 amide bonds. The summed E-state index contributed by atoms with van der Waals surface area (Å²) in [6, 6.07) is 0. The molecule has 2 saturated heterocycles. The predicted octanol–water partition coefficient (Wildman–Crippen LogP) is 5.12. The minimum atomic E-state index is -0.365. The van der Waals surface area contributed by atoms with Crippen LogP contribution >= 0.6 is 0 Å². The lowest BCUT2D eigenvalue weighted by Crippen LogP contribution is -2.56. The van der Waals surface area contributed by atoms with Crippen LogP contribution in [0.25, 0.3) is 0 Å². The molecule has 6 aliphatic carbocycles. The van der Waals surface area contributed by atoms with Crippen LogP contribution in [0.4, 0.5) is 0 Å². The fraction of sp³-hybridized carbons (Fsp3) is 0.946. The van der Waals surface area contributed by atoms with Crippen molar-refractivity contribution in [2.75, 3.05) is 33.4 Å². The summed E-state index contributed by atoms with van der Waals surface area (Å²) >= 11 is 0. The smallest absolute Gasteiger partial charge is 0.223 e. The van der Waals surface area contributed by atoms with Crippen LogP contribution in [-0.4, -0.2) is 84.8 Å². The number of hydrogen-bond acceptors (Lipinski definition) is 7. The third-order valence-corrected chi connectivity index (χ3v) is 15.1. The fourth-order valence-electron chi connectivity index (χ4n) is 12.8. The number of ketones is 1. The molecule has 8 aliphatic rings. The van der Waals surface area contributed by atoms with Gasteiger partial charge in [-0.1, -0.05) is 20.8 Å². The van der Waals surface area contributed by atoms with Gasteiger partial charge in [0.25, 0.3) is 0 Å². The molecule has 2 heterocycles. The van der Waals surface area contributed by atoms with Crippen LogP contribution in [0, 0.1) is 51.2 Å². The first-order valence-corrected chi connectivity index (χ1v) is 18.4. The van der Waals surface area contributed by atoms with Crippen LogP contribution in [0.3, 0.4) is 0 Å². The summed E-state index contributed by atoms with van der Waals surface area (Å²) in [7, 11) is 1.00. The monoisotopic (exact) mass is 629 g/mol. The highest BCUT2D eigenvalue weighted by Gasteiger charge is 2.80. The van der Waals surface area contributed by atoms with Gasteiger partial charge in [-0.3, -0.25) is 9.59 Å². The number of ether oxygens (including phenoxy) is 3. The number of hydrogen-bond donors (Lipinski definition) is 2. The van der Waals surface area contributed by atoms with Gasteiger partial charge >= 0.3 is 0 Å². The number of carbonyl (C=O) groups excluding carboxylic acids is 2. The van der Waals surface area contributed by atoms with Gasteiger partial charge in [0.1, 0.15) is 6.61 Å². The SMILES string of the molecule is CC1(C)C2CCC3C4CC5OC(CC(=O)CO)CC[C@@H]5C4(C)CC[C@]34CC24CC[C@@H]1OC1CN(C(=O)CC2CC2)CCO1.CO. The second-order valence-electron chi connectivity index (χ2n) is 17.2. The van der Waals surface area contributed by atoms with Crippen molar-refractivity contribution in [1.82, 2.24) is 4.90 Å². The van der Waals surface area contributed by atoms with E-state index in [2.05, 4.69) is 20.8 Å². The molecule has 8 unspecified atom stereocenters. The van der Waals surface area contributed by atoms with Gasteiger partial charge in [-0.15, -0.1) is 0 Å². The minimum Gasteiger partial charge on any atom is -0.400 e. The maximum absolute atomic E-state index is 12.8. The summed E-state index contributed by atoms with van der Waals surface area (Å²) in [6.07, 6.45) is 16.1. The molecule has 0 aromatic rings. The molecule has 8 fully saturated rings. The first-order chi connectivity index (χ1) is 21.6. The van der Waals surface area contributed by atoms with Gasteiger partial charge in [-0.05, 0) is 128 Å². The van der Waals surface area contributed by atoms with E-state index in [1.807, 2.05) is 4.90 Å². The van der Waals surface area contributed by atoms with Crippen molar-refractivity contribution in [3.63, 3.8) is 0 Å². The number of aliphatic hydroxyl groups excluding tert-OH is 2. The van der Waals surface area contributed by atoms with E-state index in [-0.39, 0.29) is 48.3 Å². The van der Waals surface area contributed by atoms with E-state index in [1.165, 1.54) is 64.2 Å². The lowest BCUT2D eigenvalue weighted by molar-refractivity contribution is -0.244. The molecule has 2 spiro atoms. The van der Waals surface area contributed by atoms with Crippen LogP contribution in [0.2, 0.25) is 0 Å². The zero-order valence-electron chi connectivity index (χ0n) is 28.3. The van der Waals surface area contributed by atoms with Crippen molar-refractivity contribution < 1.29 is 34.0 Å². The quantitative estimate of drug-likeness (QED) is 0.403. The Morgan fingerprint density at radius 1 is 0.889 bits per heavy atom. The van der Waals surface area contributed by atoms with E-state index in [0.717, 1.165) is 31.8 Å². The summed E-state index contributed by atoms with van der Waals surface area (Å²) < 4.78 is 19.6. The largest absolute Gasteiger partial charge is 0.400 e. The van der Waals surface area contributed by atoms with Gasteiger partial charge in [0.2, 0.25) is 5.91 Å².